The van der Waals surface area contributed by atoms with E-state index in [2.05, 4.69) is 10.1 Å². The van der Waals surface area contributed by atoms with Gasteiger partial charge in [-0.2, -0.15) is 4.98 Å². The van der Waals surface area contributed by atoms with Gasteiger partial charge in [0, 0.05) is 18.1 Å². The van der Waals surface area contributed by atoms with E-state index in [1.807, 2.05) is 31.2 Å². The molecule has 1 atom stereocenters. The van der Waals surface area contributed by atoms with Gasteiger partial charge in [0.2, 0.25) is 0 Å². The number of rotatable bonds is 4. The largest absolute Gasteiger partial charge is 0.494 e. The Morgan fingerprint density at radius 2 is 2.37 bits per heavy atom. The molecule has 1 aromatic heterocycles. The van der Waals surface area contributed by atoms with Crippen LogP contribution in [0.25, 0.3) is 11.5 Å². The predicted molar refractivity (Wildman–Crippen MR) is 69.1 cm³/mol. The van der Waals surface area contributed by atoms with Crippen LogP contribution in [0.3, 0.4) is 0 Å². The maximum Gasteiger partial charge on any atom is 0.258 e. The van der Waals surface area contributed by atoms with E-state index in [4.69, 9.17) is 14.0 Å². The molecule has 0 aliphatic carbocycles. The third-order valence-corrected chi connectivity index (χ3v) is 3.13. The normalized spacial score (nSPS) is 18.7. The molecule has 1 saturated heterocycles. The number of hydrogen-bond donors (Lipinski definition) is 0. The van der Waals surface area contributed by atoms with Gasteiger partial charge in [0.1, 0.15) is 5.75 Å². The van der Waals surface area contributed by atoms with Crippen LogP contribution < -0.4 is 4.74 Å². The Hall–Kier alpha value is -1.88. The summed E-state index contributed by atoms with van der Waals surface area (Å²) in [6, 6.07) is 7.68. The lowest BCUT2D eigenvalue weighted by Gasteiger charge is -2.03. The van der Waals surface area contributed by atoms with Crippen molar-refractivity contribution in [1.29, 1.82) is 0 Å². The summed E-state index contributed by atoms with van der Waals surface area (Å²) in [5.41, 5.74) is 0.878. The van der Waals surface area contributed by atoms with E-state index in [1.165, 1.54) is 0 Å². The second-order valence-corrected chi connectivity index (χ2v) is 4.48. The summed E-state index contributed by atoms with van der Waals surface area (Å²) < 4.78 is 16.1. The smallest absolute Gasteiger partial charge is 0.258 e. The van der Waals surface area contributed by atoms with E-state index in [-0.39, 0.29) is 5.92 Å². The summed E-state index contributed by atoms with van der Waals surface area (Å²) in [6.07, 6.45) is 0.956. The first-order valence-electron chi connectivity index (χ1n) is 6.51. The van der Waals surface area contributed by atoms with Gasteiger partial charge in [0.15, 0.2) is 5.82 Å². The summed E-state index contributed by atoms with van der Waals surface area (Å²) >= 11 is 0. The number of ether oxygens (including phenoxy) is 2. The summed E-state index contributed by atoms with van der Waals surface area (Å²) in [5, 5.41) is 4.04. The third-order valence-electron chi connectivity index (χ3n) is 3.13. The van der Waals surface area contributed by atoms with Gasteiger partial charge in [-0.15, -0.1) is 0 Å². The molecule has 0 bridgehead atoms. The molecule has 1 unspecified atom stereocenters. The Morgan fingerprint density at radius 3 is 3.16 bits per heavy atom. The van der Waals surface area contributed by atoms with Crippen LogP contribution in [0.2, 0.25) is 0 Å². The van der Waals surface area contributed by atoms with Crippen LogP contribution in [0.15, 0.2) is 28.8 Å². The molecular weight excluding hydrogens is 244 g/mol. The molecule has 2 aromatic rings. The van der Waals surface area contributed by atoms with Crippen molar-refractivity contribution in [2.75, 3.05) is 19.8 Å². The summed E-state index contributed by atoms with van der Waals surface area (Å²) in [4.78, 5) is 4.45. The van der Waals surface area contributed by atoms with Gasteiger partial charge in [-0.05, 0) is 31.5 Å². The molecule has 1 fully saturated rings. The van der Waals surface area contributed by atoms with Crippen LogP contribution >= 0.6 is 0 Å². The minimum Gasteiger partial charge on any atom is -0.494 e. The SMILES string of the molecule is CCOc1cccc(-c2nc(C3CCOC3)no2)c1. The van der Waals surface area contributed by atoms with Crippen molar-refractivity contribution in [2.24, 2.45) is 0 Å². The van der Waals surface area contributed by atoms with E-state index in [1.54, 1.807) is 0 Å². The van der Waals surface area contributed by atoms with Crippen molar-refractivity contribution in [3.8, 4) is 17.2 Å². The standard InChI is InChI=1S/C14H16N2O3/c1-2-18-12-5-3-4-10(8-12)14-15-13(16-19-14)11-6-7-17-9-11/h3-5,8,11H,2,6-7,9H2,1H3. The first-order chi connectivity index (χ1) is 9.36. The lowest BCUT2D eigenvalue weighted by molar-refractivity contribution is 0.192. The van der Waals surface area contributed by atoms with Crippen molar-refractivity contribution in [3.05, 3.63) is 30.1 Å². The molecule has 0 amide bonds. The van der Waals surface area contributed by atoms with Crippen LogP contribution in [-0.4, -0.2) is 30.0 Å². The highest BCUT2D eigenvalue weighted by molar-refractivity contribution is 5.55. The topological polar surface area (TPSA) is 57.4 Å². The van der Waals surface area contributed by atoms with E-state index >= 15 is 0 Å². The fraction of sp³-hybridized carbons (Fsp3) is 0.429. The highest BCUT2D eigenvalue weighted by Gasteiger charge is 2.23. The maximum absolute atomic E-state index is 5.46. The zero-order valence-corrected chi connectivity index (χ0v) is 10.8. The Bertz CT molecular complexity index is 547. The Kier molecular flexibility index (Phi) is 3.46. The average molecular weight is 260 g/mol. The molecule has 0 N–H and O–H groups in total. The summed E-state index contributed by atoms with van der Waals surface area (Å²) in [6.45, 7) is 4.04. The van der Waals surface area contributed by atoms with Gasteiger partial charge in [-0.25, -0.2) is 0 Å². The predicted octanol–water partition coefficient (Wildman–Crippen LogP) is 2.64. The Balaban J connectivity index is 1.83. The van der Waals surface area contributed by atoms with Crippen molar-refractivity contribution in [3.63, 3.8) is 0 Å². The molecule has 0 saturated carbocycles. The van der Waals surface area contributed by atoms with Crippen molar-refractivity contribution >= 4 is 0 Å². The van der Waals surface area contributed by atoms with Gasteiger partial charge in [0.25, 0.3) is 5.89 Å². The lowest BCUT2D eigenvalue weighted by Crippen LogP contribution is -1.99. The molecular formula is C14H16N2O3. The monoisotopic (exact) mass is 260 g/mol. The molecule has 5 nitrogen and oxygen atoms in total. The van der Waals surface area contributed by atoms with Gasteiger partial charge in [-0.1, -0.05) is 11.2 Å². The van der Waals surface area contributed by atoms with Crippen LogP contribution in [0.4, 0.5) is 0 Å². The van der Waals surface area contributed by atoms with E-state index in [9.17, 15) is 0 Å². The van der Waals surface area contributed by atoms with Gasteiger partial charge in [-0.3, -0.25) is 0 Å². The Labute approximate surface area is 111 Å². The minimum atomic E-state index is 0.257. The summed E-state index contributed by atoms with van der Waals surface area (Å²) in [5.74, 6) is 2.33. The second-order valence-electron chi connectivity index (χ2n) is 4.48. The second kappa shape index (κ2) is 5.40. The number of nitrogens with zero attached hydrogens (tertiary/aromatic N) is 2. The zero-order valence-electron chi connectivity index (χ0n) is 10.8. The van der Waals surface area contributed by atoms with Gasteiger partial charge in [0.05, 0.1) is 13.2 Å². The van der Waals surface area contributed by atoms with E-state index in [0.29, 0.717) is 19.1 Å². The van der Waals surface area contributed by atoms with Crippen LogP contribution in [0, 0.1) is 0 Å². The quantitative estimate of drug-likeness (QED) is 0.845. The molecule has 2 heterocycles. The molecule has 19 heavy (non-hydrogen) atoms. The molecule has 0 spiro atoms. The molecule has 3 rings (SSSR count). The van der Waals surface area contributed by atoms with Crippen LogP contribution in [-0.2, 0) is 4.74 Å². The van der Waals surface area contributed by atoms with E-state index in [0.717, 1.165) is 30.2 Å². The maximum atomic E-state index is 5.46. The first kappa shape index (κ1) is 12.2. The van der Waals surface area contributed by atoms with Crippen molar-refractivity contribution in [2.45, 2.75) is 19.3 Å². The fourth-order valence-electron chi connectivity index (χ4n) is 2.14. The first-order valence-corrected chi connectivity index (χ1v) is 6.51. The van der Waals surface area contributed by atoms with Crippen molar-refractivity contribution < 1.29 is 14.0 Å². The zero-order chi connectivity index (χ0) is 13.1. The highest BCUT2D eigenvalue weighted by Crippen LogP contribution is 2.27. The van der Waals surface area contributed by atoms with Crippen molar-refractivity contribution in [1.82, 2.24) is 10.1 Å². The summed E-state index contributed by atoms with van der Waals surface area (Å²) in [7, 11) is 0. The van der Waals surface area contributed by atoms with Crippen LogP contribution in [0.5, 0.6) is 5.75 Å². The minimum absolute atomic E-state index is 0.257. The van der Waals surface area contributed by atoms with E-state index < -0.39 is 0 Å². The fourth-order valence-corrected chi connectivity index (χ4v) is 2.14. The highest BCUT2D eigenvalue weighted by atomic mass is 16.5. The molecule has 0 radical (unpaired) electrons. The molecule has 1 aromatic carbocycles. The molecule has 1 aliphatic rings. The van der Waals surface area contributed by atoms with Gasteiger partial charge < -0.3 is 14.0 Å². The lowest BCUT2D eigenvalue weighted by atomic mass is 10.1. The molecule has 1 aliphatic heterocycles. The number of aromatic nitrogens is 2. The Morgan fingerprint density at radius 1 is 1.42 bits per heavy atom. The van der Waals surface area contributed by atoms with Gasteiger partial charge >= 0.3 is 0 Å². The third kappa shape index (κ3) is 2.61. The molecule has 5 heteroatoms. The number of hydrogen-bond acceptors (Lipinski definition) is 5. The van der Waals surface area contributed by atoms with Crippen LogP contribution in [0.1, 0.15) is 25.1 Å². The average Bonchev–Trinajstić information content (AvgIpc) is 3.11. The molecule has 100 valence electrons. The number of benzene rings is 1.